The van der Waals surface area contributed by atoms with Crippen molar-refractivity contribution >= 4 is 5.97 Å². The standard InChI is InChI=1S/C36H58O8/c1-20-11-16-36(30(40)42-8)18-17-33(5)21(28(36)35(20,7)41)9-10-24-32(4)14-13-25(31(2,3)23(32)12-15-34(24,33)6)44-29-27(39)26(38)22(37)19-43-29/h9,20,22-29,37-39,41H,10-19H2,1-8H3/t20-,22+,23+,24?,25+,26+,27-,28-,29+,32+,33-,34-,35-,36+/m1/s1. The second-order valence-electron chi connectivity index (χ2n) is 17.3. The summed E-state index contributed by atoms with van der Waals surface area (Å²) >= 11 is 0. The van der Waals surface area contributed by atoms with Gasteiger partial charge in [-0.2, -0.15) is 0 Å². The van der Waals surface area contributed by atoms with Gasteiger partial charge in [0.05, 0.1) is 30.8 Å². The Balaban J connectivity index is 1.33. The lowest BCUT2D eigenvalue weighted by atomic mass is 9.33. The number of aliphatic hydroxyl groups excluding tert-OH is 3. The number of rotatable bonds is 3. The Bertz CT molecular complexity index is 1180. The van der Waals surface area contributed by atoms with Crippen LogP contribution in [0.4, 0.5) is 0 Å². The quantitative estimate of drug-likeness (QED) is 0.203. The highest BCUT2D eigenvalue weighted by molar-refractivity contribution is 5.79. The van der Waals surface area contributed by atoms with E-state index in [9.17, 15) is 25.2 Å². The van der Waals surface area contributed by atoms with Gasteiger partial charge in [0, 0.05) is 5.92 Å². The summed E-state index contributed by atoms with van der Waals surface area (Å²) in [6.45, 7) is 16.1. The number of methoxy groups -OCH3 is 1. The minimum Gasteiger partial charge on any atom is -0.469 e. The van der Waals surface area contributed by atoms with Gasteiger partial charge in [0.2, 0.25) is 0 Å². The molecule has 0 aromatic carbocycles. The summed E-state index contributed by atoms with van der Waals surface area (Å²) in [7, 11) is 1.50. The van der Waals surface area contributed by atoms with Crippen LogP contribution in [0.3, 0.4) is 0 Å². The molecule has 0 bridgehead atoms. The Kier molecular flexibility index (Phi) is 7.84. The molecular formula is C36H58O8. The zero-order valence-corrected chi connectivity index (χ0v) is 28.3. The molecule has 1 heterocycles. The number of aliphatic hydroxyl groups is 4. The second-order valence-corrected chi connectivity index (χ2v) is 17.3. The molecule has 0 aromatic rings. The third kappa shape index (κ3) is 4.19. The summed E-state index contributed by atoms with van der Waals surface area (Å²) < 4.78 is 17.6. The monoisotopic (exact) mass is 618 g/mol. The second kappa shape index (κ2) is 10.5. The van der Waals surface area contributed by atoms with Gasteiger partial charge >= 0.3 is 5.97 Å². The van der Waals surface area contributed by atoms with Crippen molar-refractivity contribution < 1.29 is 39.4 Å². The lowest BCUT2D eigenvalue weighted by Gasteiger charge is -2.72. The van der Waals surface area contributed by atoms with Gasteiger partial charge < -0.3 is 34.6 Å². The summed E-state index contributed by atoms with van der Waals surface area (Å²) in [5.41, 5.74) is -0.632. The van der Waals surface area contributed by atoms with Crippen LogP contribution in [0, 0.1) is 50.7 Å². The van der Waals surface area contributed by atoms with Gasteiger partial charge in [-0.25, -0.2) is 0 Å². The number of hydrogen-bond acceptors (Lipinski definition) is 8. The van der Waals surface area contributed by atoms with Gasteiger partial charge in [0.15, 0.2) is 6.29 Å². The van der Waals surface area contributed by atoms with E-state index in [1.807, 2.05) is 6.92 Å². The van der Waals surface area contributed by atoms with Gasteiger partial charge in [-0.1, -0.05) is 53.2 Å². The Morgan fingerprint density at radius 2 is 1.61 bits per heavy atom. The average molecular weight is 619 g/mol. The van der Waals surface area contributed by atoms with E-state index in [0.717, 1.165) is 57.8 Å². The van der Waals surface area contributed by atoms with E-state index in [1.165, 1.54) is 12.7 Å². The van der Waals surface area contributed by atoms with Crippen LogP contribution in [0.15, 0.2) is 11.6 Å². The highest BCUT2D eigenvalue weighted by Crippen LogP contribution is 2.76. The van der Waals surface area contributed by atoms with Crippen molar-refractivity contribution in [2.75, 3.05) is 13.7 Å². The molecule has 8 heteroatoms. The highest BCUT2D eigenvalue weighted by Gasteiger charge is 2.71. The number of fused-ring (bicyclic) bond motifs is 7. The molecule has 8 nitrogen and oxygen atoms in total. The Labute approximate surface area is 263 Å². The zero-order valence-electron chi connectivity index (χ0n) is 28.3. The van der Waals surface area contributed by atoms with Gasteiger partial charge in [0.25, 0.3) is 0 Å². The highest BCUT2D eigenvalue weighted by atomic mass is 16.7. The minimum atomic E-state index is -1.29. The largest absolute Gasteiger partial charge is 0.469 e. The maximum Gasteiger partial charge on any atom is 0.312 e. The lowest BCUT2D eigenvalue weighted by Crippen LogP contribution is -2.68. The molecule has 5 aliphatic carbocycles. The van der Waals surface area contributed by atoms with Crippen LogP contribution < -0.4 is 0 Å². The fourth-order valence-electron chi connectivity index (χ4n) is 12.3. The van der Waals surface area contributed by atoms with Gasteiger partial charge in [0.1, 0.15) is 18.3 Å². The first-order valence-electron chi connectivity index (χ1n) is 17.2. The summed E-state index contributed by atoms with van der Waals surface area (Å²) in [6.07, 6.45) is 5.76. The molecular weight excluding hydrogens is 560 g/mol. The SMILES string of the molecule is COC(=O)[C@]12CC[C@@H](C)[C@@](C)(O)[C@H]1C1=CCC3[C@@]4(C)CC[C@H](O[C@@H]5OC[C@H](O)[C@H](O)[C@H]5O)C(C)(C)[C@@H]4CC[C@@]3(C)[C@]1(C)CC2. The summed E-state index contributed by atoms with van der Waals surface area (Å²) in [6, 6.07) is 0. The van der Waals surface area contributed by atoms with Gasteiger partial charge in [-0.3, -0.25) is 4.79 Å². The molecule has 250 valence electrons. The van der Waals surface area contributed by atoms with Crippen molar-refractivity contribution in [3.05, 3.63) is 11.6 Å². The summed E-state index contributed by atoms with van der Waals surface area (Å²) in [4.78, 5) is 13.6. The molecule has 14 atom stereocenters. The van der Waals surface area contributed by atoms with Crippen molar-refractivity contribution in [1.29, 1.82) is 0 Å². The van der Waals surface area contributed by atoms with Crippen LogP contribution in [0.25, 0.3) is 0 Å². The van der Waals surface area contributed by atoms with Crippen LogP contribution in [-0.4, -0.2) is 76.4 Å². The molecule has 4 saturated carbocycles. The van der Waals surface area contributed by atoms with E-state index < -0.39 is 35.6 Å². The van der Waals surface area contributed by atoms with E-state index in [1.54, 1.807) is 0 Å². The van der Waals surface area contributed by atoms with Crippen LogP contribution >= 0.6 is 0 Å². The van der Waals surface area contributed by atoms with Crippen LogP contribution in [0.2, 0.25) is 0 Å². The smallest absolute Gasteiger partial charge is 0.312 e. The fraction of sp³-hybridized carbons (Fsp3) is 0.917. The predicted molar refractivity (Wildman–Crippen MR) is 165 cm³/mol. The number of carbonyl (C=O) groups excluding carboxylic acids is 1. The molecule has 4 N–H and O–H groups in total. The van der Waals surface area contributed by atoms with E-state index in [2.05, 4.69) is 47.6 Å². The number of hydrogen-bond donors (Lipinski definition) is 4. The van der Waals surface area contributed by atoms with Crippen LogP contribution in [-0.2, 0) is 19.0 Å². The van der Waals surface area contributed by atoms with E-state index >= 15 is 0 Å². The maximum atomic E-state index is 13.6. The van der Waals surface area contributed by atoms with Crippen LogP contribution in [0.5, 0.6) is 0 Å². The molecule has 0 spiro atoms. The minimum absolute atomic E-state index is 0.00801. The normalized spacial score (nSPS) is 55.0. The first-order valence-corrected chi connectivity index (χ1v) is 17.2. The lowest BCUT2D eigenvalue weighted by molar-refractivity contribution is -0.308. The molecule has 6 rings (SSSR count). The Morgan fingerprint density at radius 3 is 2.30 bits per heavy atom. The molecule has 44 heavy (non-hydrogen) atoms. The van der Waals surface area contributed by atoms with Crippen molar-refractivity contribution in [2.45, 2.75) is 143 Å². The molecule has 1 aliphatic heterocycles. The Morgan fingerprint density at radius 1 is 0.909 bits per heavy atom. The molecule has 1 saturated heterocycles. The van der Waals surface area contributed by atoms with E-state index in [-0.39, 0.29) is 52.2 Å². The first kappa shape index (κ1) is 32.9. The van der Waals surface area contributed by atoms with Gasteiger partial charge in [-0.05, 0) is 104 Å². The molecule has 0 amide bonds. The van der Waals surface area contributed by atoms with Crippen LogP contribution in [0.1, 0.15) is 106 Å². The average Bonchev–Trinajstić information content (AvgIpc) is 2.96. The van der Waals surface area contributed by atoms with Crippen molar-refractivity contribution in [1.82, 2.24) is 0 Å². The van der Waals surface area contributed by atoms with Crippen molar-refractivity contribution in [2.24, 2.45) is 50.7 Å². The van der Waals surface area contributed by atoms with Crippen molar-refractivity contribution in [3.8, 4) is 0 Å². The number of carbonyl (C=O) groups is 1. The number of allylic oxidation sites excluding steroid dienone is 1. The topological polar surface area (TPSA) is 126 Å². The van der Waals surface area contributed by atoms with E-state index in [0.29, 0.717) is 11.8 Å². The zero-order chi connectivity index (χ0) is 32.3. The maximum absolute atomic E-state index is 13.6. The predicted octanol–water partition coefficient (Wildman–Crippen LogP) is 4.76. The first-order chi connectivity index (χ1) is 20.4. The molecule has 0 radical (unpaired) electrons. The fourth-order valence-corrected chi connectivity index (χ4v) is 12.3. The van der Waals surface area contributed by atoms with Crippen molar-refractivity contribution in [3.63, 3.8) is 0 Å². The number of esters is 1. The Hall–Kier alpha value is -1.03. The van der Waals surface area contributed by atoms with Gasteiger partial charge in [-0.15, -0.1) is 0 Å². The molecule has 5 fully saturated rings. The third-order valence-corrected chi connectivity index (χ3v) is 15.3. The number of ether oxygens (including phenoxy) is 3. The van der Waals surface area contributed by atoms with E-state index in [4.69, 9.17) is 14.2 Å². The molecule has 6 aliphatic rings. The third-order valence-electron chi connectivity index (χ3n) is 15.3. The molecule has 1 unspecified atom stereocenters. The summed E-state index contributed by atoms with van der Waals surface area (Å²) in [5.74, 6) is 0.517. The summed E-state index contributed by atoms with van der Waals surface area (Å²) in [5, 5.41) is 43.0. The molecule has 0 aromatic heterocycles.